The molecule has 3 rings (SSSR count). The van der Waals surface area contributed by atoms with E-state index >= 15 is 0 Å². The summed E-state index contributed by atoms with van der Waals surface area (Å²) in [4.78, 5) is 35.8. The quantitative estimate of drug-likeness (QED) is 0.0811. The van der Waals surface area contributed by atoms with Crippen molar-refractivity contribution in [1.82, 2.24) is 16.1 Å². The van der Waals surface area contributed by atoms with Crippen LogP contribution in [-0.4, -0.2) is 69.6 Å². The zero-order chi connectivity index (χ0) is 29.9. The number of carbonyl (C=O) groups excluding carboxylic acids is 3. The average molecular weight is 682 g/mol. The number of aliphatic hydroxyl groups is 1. The molecule has 2 aromatic rings. The highest BCUT2D eigenvalue weighted by Gasteiger charge is 2.32. The molecule has 0 aromatic heterocycles. The Balaban J connectivity index is 1.63. The molecule has 4 N–H and O–H groups in total. The lowest BCUT2D eigenvalue weighted by Crippen LogP contribution is -2.45. The number of amides is 2. The van der Waals surface area contributed by atoms with Gasteiger partial charge in [-0.05, 0) is 77.9 Å². The Labute approximate surface area is 250 Å². The first-order valence-corrected chi connectivity index (χ1v) is 13.5. The molecule has 2 atom stereocenters. The van der Waals surface area contributed by atoms with E-state index in [0.717, 1.165) is 9.13 Å². The number of hydrogen-bond acceptors (Lipinski definition) is 11. The molecular formula is C27H31IN4O9. The van der Waals surface area contributed by atoms with E-state index in [2.05, 4.69) is 48.5 Å². The van der Waals surface area contributed by atoms with Crippen LogP contribution in [0.5, 0.6) is 17.2 Å². The van der Waals surface area contributed by atoms with Gasteiger partial charge in [-0.2, -0.15) is 5.10 Å². The third kappa shape index (κ3) is 8.72. The number of methoxy groups -OCH3 is 2. The lowest BCUT2D eigenvalue weighted by atomic mass is 9.95. The van der Waals surface area contributed by atoms with Gasteiger partial charge in [0, 0.05) is 5.70 Å². The summed E-state index contributed by atoms with van der Waals surface area (Å²) in [6.07, 6.45) is 0.361. The minimum atomic E-state index is -1.15. The molecule has 0 radical (unpaired) electrons. The molecule has 2 amide bonds. The molecule has 1 aliphatic heterocycles. The van der Waals surface area contributed by atoms with Crippen molar-refractivity contribution >= 4 is 46.8 Å². The van der Waals surface area contributed by atoms with Crippen LogP contribution in [0.4, 0.5) is 4.79 Å². The minimum absolute atomic E-state index is 0.162. The number of benzene rings is 2. The molecular weight excluding hydrogens is 651 g/mol. The molecule has 0 spiro atoms. The van der Waals surface area contributed by atoms with Crippen LogP contribution in [0.25, 0.3) is 0 Å². The van der Waals surface area contributed by atoms with Gasteiger partial charge in [-0.15, -0.1) is 0 Å². The Morgan fingerprint density at radius 2 is 1.85 bits per heavy atom. The van der Waals surface area contributed by atoms with E-state index in [0.29, 0.717) is 35.1 Å². The Kier molecular flexibility index (Phi) is 11.6. The number of halogens is 1. The number of esters is 2. The van der Waals surface area contributed by atoms with Crippen LogP contribution in [0.1, 0.15) is 31.0 Å². The van der Waals surface area contributed by atoms with Crippen molar-refractivity contribution in [3.8, 4) is 17.2 Å². The molecule has 0 fully saturated rings. The molecule has 2 aromatic carbocycles. The first kappa shape index (κ1) is 31.5. The van der Waals surface area contributed by atoms with Gasteiger partial charge in [0.05, 0.1) is 42.2 Å². The molecule has 0 bridgehead atoms. The molecule has 220 valence electrons. The highest BCUT2D eigenvalue weighted by atomic mass is 127. The van der Waals surface area contributed by atoms with Crippen LogP contribution < -0.4 is 30.3 Å². The summed E-state index contributed by atoms with van der Waals surface area (Å²) in [5.41, 5.74) is 4.54. The zero-order valence-electron chi connectivity index (χ0n) is 22.9. The first-order valence-electron chi connectivity index (χ1n) is 12.4. The second kappa shape index (κ2) is 15.1. The van der Waals surface area contributed by atoms with E-state index < -0.39 is 30.2 Å². The number of urea groups is 1. The van der Waals surface area contributed by atoms with Gasteiger partial charge < -0.3 is 39.4 Å². The van der Waals surface area contributed by atoms with Gasteiger partial charge in [0.15, 0.2) is 24.3 Å². The third-order valence-electron chi connectivity index (χ3n) is 5.64. The van der Waals surface area contributed by atoms with Crippen LogP contribution in [0.3, 0.4) is 0 Å². The second-order valence-corrected chi connectivity index (χ2v) is 9.63. The minimum Gasteiger partial charge on any atom is -0.490 e. The highest BCUT2D eigenvalue weighted by molar-refractivity contribution is 14.1. The number of aliphatic hydroxyl groups excluding tert-OH is 1. The van der Waals surface area contributed by atoms with Gasteiger partial charge in [-0.25, -0.2) is 14.4 Å². The largest absolute Gasteiger partial charge is 0.490 e. The number of rotatable bonds is 13. The van der Waals surface area contributed by atoms with E-state index in [1.807, 2.05) is 0 Å². The summed E-state index contributed by atoms with van der Waals surface area (Å²) in [6.45, 7) is 3.39. The number of hydrazone groups is 1. The number of ether oxygens (including phenoxy) is 5. The number of carbonyl (C=O) groups is 3. The number of allylic oxidation sites excluding steroid dienone is 1. The van der Waals surface area contributed by atoms with E-state index in [1.54, 1.807) is 50.2 Å². The summed E-state index contributed by atoms with van der Waals surface area (Å²) in [6, 6.07) is 8.99. The topological polar surface area (TPSA) is 166 Å². The van der Waals surface area contributed by atoms with Gasteiger partial charge in [0.1, 0.15) is 12.4 Å². The molecule has 0 unspecified atom stereocenters. The summed E-state index contributed by atoms with van der Waals surface area (Å²) in [5.74, 6) is 0.176. The van der Waals surface area contributed by atoms with E-state index in [-0.39, 0.29) is 18.8 Å². The van der Waals surface area contributed by atoms with Gasteiger partial charge in [0.2, 0.25) is 0 Å². The van der Waals surface area contributed by atoms with E-state index in [9.17, 15) is 19.5 Å². The summed E-state index contributed by atoms with van der Waals surface area (Å²) < 4.78 is 27.1. The molecule has 13 nitrogen and oxygen atoms in total. The van der Waals surface area contributed by atoms with Crippen molar-refractivity contribution in [2.24, 2.45) is 5.10 Å². The average Bonchev–Trinajstić information content (AvgIpc) is 2.95. The van der Waals surface area contributed by atoms with Crippen molar-refractivity contribution in [2.45, 2.75) is 26.1 Å². The SMILES string of the molecule is CCOc1cc([C@@H]2NC(=O)NC(C)=C2C(=O)OC)ccc1OC[C@H](O)N/N=C\c1ccc(OCC(=O)OC)c(I)c1. The molecule has 0 saturated heterocycles. The third-order valence-corrected chi connectivity index (χ3v) is 6.48. The second-order valence-electron chi connectivity index (χ2n) is 8.47. The molecule has 0 saturated carbocycles. The van der Waals surface area contributed by atoms with Gasteiger partial charge in [-0.3, -0.25) is 5.43 Å². The molecule has 1 aliphatic rings. The van der Waals surface area contributed by atoms with E-state index in [4.69, 9.17) is 18.9 Å². The first-order chi connectivity index (χ1) is 19.7. The molecule has 0 aliphatic carbocycles. The van der Waals surface area contributed by atoms with Crippen LogP contribution in [0.2, 0.25) is 0 Å². The standard InChI is InChI=1S/C27H31IN4O9/c1-5-39-21-11-17(25-24(26(35)38-4)15(2)30-27(36)31-25)7-9-20(21)40-13-22(33)32-29-12-16-6-8-19(18(28)10-16)41-14-23(34)37-3/h6-12,22,25,32-33H,5,13-14H2,1-4H3,(H2,30,31,36)/b29-12-/t22-,25-/m0/s1. The Morgan fingerprint density at radius 1 is 1.10 bits per heavy atom. The van der Waals surface area contributed by atoms with Crippen LogP contribution >= 0.6 is 22.6 Å². The Morgan fingerprint density at radius 3 is 2.54 bits per heavy atom. The van der Waals surface area contributed by atoms with Crippen LogP contribution in [0.15, 0.2) is 52.8 Å². The summed E-state index contributed by atoms with van der Waals surface area (Å²) in [7, 11) is 2.55. The maximum atomic E-state index is 12.4. The fourth-order valence-corrected chi connectivity index (χ4v) is 4.43. The van der Waals surface area contributed by atoms with Crippen molar-refractivity contribution in [3.05, 3.63) is 62.4 Å². The molecule has 1 heterocycles. The van der Waals surface area contributed by atoms with Gasteiger partial charge >= 0.3 is 18.0 Å². The van der Waals surface area contributed by atoms with Crippen molar-refractivity contribution in [3.63, 3.8) is 0 Å². The van der Waals surface area contributed by atoms with Gasteiger partial charge in [0.25, 0.3) is 0 Å². The van der Waals surface area contributed by atoms with Crippen molar-refractivity contribution < 1.29 is 43.2 Å². The van der Waals surface area contributed by atoms with Crippen molar-refractivity contribution in [2.75, 3.05) is 34.0 Å². The molecule has 14 heteroatoms. The number of nitrogens with one attached hydrogen (secondary N) is 3. The lowest BCUT2D eigenvalue weighted by Gasteiger charge is -2.28. The summed E-state index contributed by atoms with van der Waals surface area (Å²) in [5, 5.41) is 19.7. The van der Waals surface area contributed by atoms with Crippen LogP contribution in [-0.2, 0) is 19.1 Å². The number of hydrogen-bond donors (Lipinski definition) is 4. The fourth-order valence-electron chi connectivity index (χ4n) is 3.73. The predicted octanol–water partition coefficient (Wildman–Crippen LogP) is 2.36. The maximum Gasteiger partial charge on any atom is 0.343 e. The monoisotopic (exact) mass is 682 g/mol. The maximum absolute atomic E-state index is 12.4. The van der Waals surface area contributed by atoms with Crippen LogP contribution in [0, 0.1) is 3.57 Å². The lowest BCUT2D eigenvalue weighted by molar-refractivity contribution is -0.143. The predicted molar refractivity (Wildman–Crippen MR) is 156 cm³/mol. The fraction of sp³-hybridized carbons (Fsp3) is 0.333. The normalized spacial score (nSPS) is 15.5. The zero-order valence-corrected chi connectivity index (χ0v) is 25.0. The smallest absolute Gasteiger partial charge is 0.343 e. The molecule has 41 heavy (non-hydrogen) atoms. The Hall–Kier alpha value is -4.05. The van der Waals surface area contributed by atoms with Crippen molar-refractivity contribution in [1.29, 1.82) is 0 Å². The Bertz CT molecular complexity index is 1330. The highest BCUT2D eigenvalue weighted by Crippen LogP contribution is 2.35. The van der Waals surface area contributed by atoms with E-state index in [1.165, 1.54) is 20.4 Å². The summed E-state index contributed by atoms with van der Waals surface area (Å²) >= 11 is 2.07. The van der Waals surface area contributed by atoms with Gasteiger partial charge in [-0.1, -0.05) is 6.07 Å². The number of nitrogens with zero attached hydrogens (tertiary/aromatic N) is 1.